The van der Waals surface area contributed by atoms with Gasteiger partial charge in [-0.3, -0.25) is 0 Å². The van der Waals surface area contributed by atoms with E-state index in [9.17, 15) is 9.90 Å². The Labute approximate surface area is 196 Å². The Morgan fingerprint density at radius 2 is 1.88 bits per heavy atom. The predicted molar refractivity (Wildman–Crippen MR) is 130 cm³/mol. The molecule has 0 amide bonds. The molecule has 166 valence electrons. The number of carboxylic acid groups (broad SMARTS) is 1. The maximum Gasteiger partial charge on any atom is 0.336 e. The molecule has 0 saturated heterocycles. The van der Waals surface area contributed by atoms with Crippen molar-refractivity contribution < 1.29 is 14.6 Å². The molecule has 3 aromatic carbocycles. The van der Waals surface area contributed by atoms with Crippen LogP contribution in [0.15, 0.2) is 72.8 Å². The third-order valence-corrected chi connectivity index (χ3v) is 8.55. The first-order valence-corrected chi connectivity index (χ1v) is 12.4. The first-order valence-electron chi connectivity index (χ1n) is 11.5. The van der Waals surface area contributed by atoms with Gasteiger partial charge >= 0.3 is 5.97 Å². The number of fused-ring (bicyclic) bond motifs is 3. The third-order valence-electron chi connectivity index (χ3n) is 7.54. The minimum Gasteiger partial charge on any atom is -0.486 e. The molecular weight excluding hydrogens is 430 g/mol. The van der Waals surface area contributed by atoms with Gasteiger partial charge < -0.3 is 9.84 Å². The van der Waals surface area contributed by atoms with Gasteiger partial charge in [0.25, 0.3) is 0 Å². The van der Waals surface area contributed by atoms with Crippen molar-refractivity contribution in [2.45, 2.75) is 37.7 Å². The monoisotopic (exact) mass is 455 g/mol. The van der Waals surface area contributed by atoms with E-state index in [2.05, 4.69) is 35.3 Å². The Hall–Kier alpha value is -3.18. The summed E-state index contributed by atoms with van der Waals surface area (Å²) in [5.41, 5.74) is 3.22. The number of ether oxygens (including phenoxy) is 1. The Kier molecular flexibility index (Phi) is 4.95. The number of nitrogens with zero attached hydrogens (tertiary/aromatic N) is 1. The van der Waals surface area contributed by atoms with Crippen molar-refractivity contribution in [1.82, 2.24) is 4.98 Å². The molecule has 0 radical (unpaired) electrons. The van der Waals surface area contributed by atoms with Gasteiger partial charge in [0.2, 0.25) is 0 Å². The molecule has 4 nitrogen and oxygen atoms in total. The van der Waals surface area contributed by atoms with Gasteiger partial charge in [-0.05, 0) is 72.6 Å². The number of aromatic carboxylic acids is 1. The van der Waals surface area contributed by atoms with Crippen molar-refractivity contribution in [3.63, 3.8) is 0 Å². The lowest BCUT2D eigenvalue weighted by atomic mass is 9.63. The minimum absolute atomic E-state index is 0.271. The van der Waals surface area contributed by atoms with Crippen LogP contribution < -0.4 is 4.74 Å². The molecule has 33 heavy (non-hydrogen) atoms. The van der Waals surface area contributed by atoms with E-state index < -0.39 is 5.97 Å². The molecule has 5 heteroatoms. The van der Waals surface area contributed by atoms with E-state index in [1.807, 2.05) is 30.3 Å². The van der Waals surface area contributed by atoms with Crippen LogP contribution in [0.3, 0.4) is 0 Å². The molecule has 3 atom stereocenters. The summed E-state index contributed by atoms with van der Waals surface area (Å²) < 4.78 is 7.31. The molecule has 2 saturated carbocycles. The van der Waals surface area contributed by atoms with Gasteiger partial charge in [0.05, 0.1) is 15.8 Å². The number of rotatable bonds is 6. The Morgan fingerprint density at radius 3 is 2.61 bits per heavy atom. The third kappa shape index (κ3) is 3.42. The quantitative estimate of drug-likeness (QED) is 0.352. The zero-order chi connectivity index (χ0) is 22.4. The van der Waals surface area contributed by atoms with Crippen LogP contribution in [0.5, 0.6) is 5.75 Å². The highest BCUT2D eigenvalue weighted by atomic mass is 32.1. The highest BCUT2D eigenvalue weighted by molar-refractivity contribution is 7.18. The molecule has 1 aromatic heterocycles. The second-order valence-electron chi connectivity index (χ2n) is 9.29. The summed E-state index contributed by atoms with van der Waals surface area (Å²) in [7, 11) is 0. The lowest BCUT2D eigenvalue weighted by molar-refractivity contribution is 0.0693. The molecule has 4 aromatic rings. The topological polar surface area (TPSA) is 59.4 Å². The maximum absolute atomic E-state index is 12.3. The minimum atomic E-state index is -0.874. The first-order chi connectivity index (χ1) is 16.1. The molecular formula is C28H25NO3S. The van der Waals surface area contributed by atoms with Gasteiger partial charge in [0, 0.05) is 5.41 Å². The highest BCUT2D eigenvalue weighted by Gasteiger charge is 2.54. The predicted octanol–water partition coefficient (Wildman–Crippen LogP) is 6.68. The Morgan fingerprint density at radius 1 is 1.06 bits per heavy atom. The lowest BCUT2D eigenvalue weighted by Gasteiger charge is -2.40. The van der Waals surface area contributed by atoms with Gasteiger partial charge in [-0.25, -0.2) is 9.78 Å². The van der Waals surface area contributed by atoms with Crippen molar-refractivity contribution in [3.05, 3.63) is 94.5 Å². The fraction of sp³-hybridized carbons (Fsp3) is 0.286. The normalized spacial score (nSPS) is 23.8. The maximum atomic E-state index is 12.3. The van der Waals surface area contributed by atoms with E-state index in [1.165, 1.54) is 18.4 Å². The van der Waals surface area contributed by atoms with Crippen molar-refractivity contribution in [2.75, 3.05) is 0 Å². The van der Waals surface area contributed by atoms with Crippen LogP contribution in [-0.2, 0) is 12.0 Å². The van der Waals surface area contributed by atoms with Crippen LogP contribution in [0.2, 0.25) is 0 Å². The summed E-state index contributed by atoms with van der Waals surface area (Å²) in [5, 5.41) is 11.0. The summed E-state index contributed by atoms with van der Waals surface area (Å²) in [6.07, 6.45) is 4.57. The van der Waals surface area contributed by atoms with Crippen molar-refractivity contribution >= 4 is 27.5 Å². The van der Waals surface area contributed by atoms with Crippen molar-refractivity contribution in [1.29, 1.82) is 0 Å². The van der Waals surface area contributed by atoms with E-state index in [4.69, 9.17) is 4.74 Å². The summed E-state index contributed by atoms with van der Waals surface area (Å²) in [6.45, 7) is 0.371. The fourth-order valence-electron chi connectivity index (χ4n) is 6.20. The van der Waals surface area contributed by atoms with E-state index in [0.717, 1.165) is 33.6 Å². The Balaban J connectivity index is 1.40. The van der Waals surface area contributed by atoms with Crippen LogP contribution in [-0.4, -0.2) is 16.1 Å². The van der Waals surface area contributed by atoms with Gasteiger partial charge in [-0.15, -0.1) is 11.3 Å². The molecule has 3 unspecified atom stereocenters. The molecule has 0 aliphatic heterocycles. The standard InChI is InChI=1S/C28H25NO3S/c30-27(31)22-13-12-21(32-17-26-29-24-8-4-5-9-25(24)33-26)15-23(22)28(19-6-2-1-3-7-19)16-18-10-11-20(28)14-18/h1-9,12-13,15,18,20H,10-11,14,16-17H2,(H,30,31). The van der Waals surface area contributed by atoms with E-state index >= 15 is 0 Å². The average Bonchev–Trinajstić information content (AvgIpc) is 3.57. The smallest absolute Gasteiger partial charge is 0.336 e. The SMILES string of the molecule is O=C(O)c1ccc(OCc2nc3ccccc3s2)cc1C1(c2ccccc2)CC2CCC1C2. The fourth-order valence-corrected chi connectivity index (χ4v) is 7.08. The van der Waals surface area contributed by atoms with Gasteiger partial charge in [0.15, 0.2) is 0 Å². The summed E-state index contributed by atoms with van der Waals surface area (Å²) in [5.74, 6) is 0.944. The largest absolute Gasteiger partial charge is 0.486 e. The first kappa shape index (κ1) is 20.4. The van der Waals surface area contributed by atoms with E-state index in [1.54, 1.807) is 23.5 Å². The number of carboxylic acids is 1. The molecule has 0 spiro atoms. The van der Waals surface area contributed by atoms with Crippen LogP contribution >= 0.6 is 11.3 Å². The van der Waals surface area contributed by atoms with Crippen LogP contribution in [0.1, 0.15) is 52.2 Å². The molecule has 2 bridgehead atoms. The molecule has 2 aliphatic rings. The van der Waals surface area contributed by atoms with Crippen molar-refractivity contribution in [3.8, 4) is 5.75 Å². The number of thiazole rings is 1. The molecule has 1 N–H and O–H groups in total. The molecule has 6 rings (SSSR count). The van der Waals surface area contributed by atoms with E-state index in [-0.39, 0.29) is 5.41 Å². The van der Waals surface area contributed by atoms with Gasteiger partial charge in [0.1, 0.15) is 17.4 Å². The summed E-state index contributed by atoms with van der Waals surface area (Å²) >= 11 is 1.63. The second-order valence-corrected chi connectivity index (χ2v) is 10.4. The molecule has 1 heterocycles. The second kappa shape index (κ2) is 7.99. The Bertz CT molecular complexity index is 1300. The lowest BCUT2D eigenvalue weighted by Crippen LogP contribution is -2.35. The average molecular weight is 456 g/mol. The van der Waals surface area contributed by atoms with Crippen LogP contribution in [0.4, 0.5) is 0 Å². The zero-order valence-corrected chi connectivity index (χ0v) is 19.1. The number of hydrogen-bond donors (Lipinski definition) is 1. The highest BCUT2D eigenvalue weighted by Crippen LogP contribution is 2.60. The number of hydrogen-bond acceptors (Lipinski definition) is 4. The number of aromatic nitrogens is 1. The van der Waals surface area contributed by atoms with E-state index in [0.29, 0.717) is 29.8 Å². The molecule has 2 aliphatic carbocycles. The van der Waals surface area contributed by atoms with Gasteiger partial charge in [-0.2, -0.15) is 0 Å². The molecule has 2 fully saturated rings. The van der Waals surface area contributed by atoms with Crippen LogP contribution in [0, 0.1) is 11.8 Å². The number of para-hydroxylation sites is 1. The number of carbonyl (C=O) groups is 1. The number of benzene rings is 3. The van der Waals surface area contributed by atoms with Crippen molar-refractivity contribution in [2.24, 2.45) is 11.8 Å². The van der Waals surface area contributed by atoms with Crippen LogP contribution in [0.25, 0.3) is 10.2 Å². The summed E-state index contributed by atoms with van der Waals surface area (Å²) in [6, 6.07) is 24.1. The summed E-state index contributed by atoms with van der Waals surface area (Å²) in [4.78, 5) is 17.0. The van der Waals surface area contributed by atoms with Gasteiger partial charge in [-0.1, -0.05) is 48.9 Å². The zero-order valence-electron chi connectivity index (χ0n) is 18.2.